The first-order valence-corrected chi connectivity index (χ1v) is 15.4. The Morgan fingerprint density at radius 1 is 0.651 bits per heavy atom. The minimum Gasteiger partial charge on any atom is -0.310 e. The van der Waals surface area contributed by atoms with Crippen molar-refractivity contribution >= 4 is 55.2 Å². The first-order chi connectivity index (χ1) is 21.1. The first kappa shape index (κ1) is 24.5. The SMILES string of the molecule is CC1(C)C2=C(CCC=C2)c2cc3c4c(ccc5cc(N(c6ccccc6)c6ccccc6)cc(c54)n3-c3ccccc3)c21. The fourth-order valence-electron chi connectivity index (χ4n) is 7.97. The van der Waals surface area contributed by atoms with E-state index in [-0.39, 0.29) is 5.41 Å². The van der Waals surface area contributed by atoms with Crippen LogP contribution >= 0.6 is 0 Å². The van der Waals surface area contributed by atoms with Gasteiger partial charge in [-0.15, -0.1) is 0 Å². The summed E-state index contributed by atoms with van der Waals surface area (Å²) in [4.78, 5) is 2.38. The van der Waals surface area contributed by atoms with Crippen LogP contribution in [0.4, 0.5) is 17.1 Å². The van der Waals surface area contributed by atoms with Crippen LogP contribution in [-0.2, 0) is 5.41 Å². The lowest BCUT2D eigenvalue weighted by Crippen LogP contribution is -2.17. The second-order valence-corrected chi connectivity index (χ2v) is 12.5. The standard InChI is InChI=1S/C41H32N2/c1-41(2)35-21-13-12-20-32(35)34-26-37-39-33(40(34)41)23-22-27-24-31(25-36(38(27)39)43(37)30-18-10-5-11-19-30)42(28-14-6-3-7-15-28)29-16-8-4-9-17-29/h3-11,13-19,21-26H,12,20H2,1-2H3. The average molecular weight is 553 g/mol. The lowest BCUT2D eigenvalue weighted by molar-refractivity contribution is 0.657. The molecule has 6 aromatic carbocycles. The highest BCUT2D eigenvalue weighted by molar-refractivity contribution is 6.27. The van der Waals surface area contributed by atoms with Crippen molar-refractivity contribution in [3.63, 3.8) is 0 Å². The summed E-state index contributed by atoms with van der Waals surface area (Å²) in [5.41, 5.74) is 13.1. The Balaban J connectivity index is 1.41. The summed E-state index contributed by atoms with van der Waals surface area (Å²) in [6, 6.07) is 44.4. The highest BCUT2D eigenvalue weighted by Crippen LogP contribution is 2.55. The summed E-state index contributed by atoms with van der Waals surface area (Å²) in [5, 5.41) is 5.39. The largest absolute Gasteiger partial charge is 0.310 e. The maximum Gasteiger partial charge on any atom is 0.0568 e. The van der Waals surface area contributed by atoms with Gasteiger partial charge < -0.3 is 9.47 Å². The van der Waals surface area contributed by atoms with E-state index in [1.165, 1.54) is 60.5 Å². The van der Waals surface area contributed by atoms with Gasteiger partial charge in [0.25, 0.3) is 0 Å². The van der Waals surface area contributed by atoms with Crippen molar-refractivity contribution < 1.29 is 0 Å². The molecule has 0 aliphatic heterocycles. The van der Waals surface area contributed by atoms with Gasteiger partial charge in [-0.05, 0) is 100 Å². The number of rotatable bonds is 4. The highest BCUT2D eigenvalue weighted by Gasteiger charge is 2.39. The molecule has 1 aromatic heterocycles. The van der Waals surface area contributed by atoms with Gasteiger partial charge in [0.05, 0.1) is 11.0 Å². The van der Waals surface area contributed by atoms with Crippen LogP contribution in [0.5, 0.6) is 0 Å². The zero-order chi connectivity index (χ0) is 28.7. The van der Waals surface area contributed by atoms with Gasteiger partial charge >= 0.3 is 0 Å². The number of fused-ring (bicyclic) bond motifs is 3. The Bertz CT molecular complexity index is 2190. The minimum absolute atomic E-state index is 0.0223. The van der Waals surface area contributed by atoms with Crippen molar-refractivity contribution in [1.29, 1.82) is 0 Å². The van der Waals surface area contributed by atoms with Crippen molar-refractivity contribution in [3.05, 3.63) is 150 Å². The molecule has 2 aliphatic carbocycles. The Hall–Kier alpha value is -5.08. The van der Waals surface area contributed by atoms with E-state index in [4.69, 9.17) is 0 Å². The molecule has 0 spiro atoms. The molecule has 206 valence electrons. The zero-order valence-corrected chi connectivity index (χ0v) is 24.5. The molecule has 0 saturated carbocycles. The number of para-hydroxylation sites is 3. The molecule has 2 aliphatic rings. The van der Waals surface area contributed by atoms with E-state index in [1.807, 2.05) is 0 Å². The van der Waals surface area contributed by atoms with Crippen molar-refractivity contribution in [2.24, 2.45) is 0 Å². The molecule has 0 N–H and O–H groups in total. The summed E-state index contributed by atoms with van der Waals surface area (Å²) in [7, 11) is 0. The fourth-order valence-corrected chi connectivity index (χ4v) is 7.97. The van der Waals surface area contributed by atoms with Gasteiger partial charge in [0.1, 0.15) is 0 Å². The van der Waals surface area contributed by atoms with Crippen LogP contribution in [0.15, 0.2) is 139 Å². The monoisotopic (exact) mass is 552 g/mol. The quantitative estimate of drug-likeness (QED) is 0.197. The minimum atomic E-state index is -0.0223. The molecule has 9 rings (SSSR count). The second kappa shape index (κ2) is 8.96. The van der Waals surface area contributed by atoms with Crippen molar-refractivity contribution in [1.82, 2.24) is 4.57 Å². The topological polar surface area (TPSA) is 8.17 Å². The van der Waals surface area contributed by atoms with Crippen LogP contribution < -0.4 is 4.90 Å². The van der Waals surface area contributed by atoms with E-state index in [1.54, 1.807) is 0 Å². The van der Waals surface area contributed by atoms with Gasteiger partial charge in [-0.2, -0.15) is 0 Å². The van der Waals surface area contributed by atoms with Crippen molar-refractivity contribution in [3.8, 4) is 5.69 Å². The molecular weight excluding hydrogens is 520 g/mol. The van der Waals surface area contributed by atoms with Crippen LogP contribution in [0.3, 0.4) is 0 Å². The third kappa shape index (κ3) is 3.41. The Labute approximate surface area is 252 Å². The summed E-state index contributed by atoms with van der Waals surface area (Å²) < 4.78 is 2.51. The van der Waals surface area contributed by atoms with E-state index < -0.39 is 0 Å². The third-order valence-electron chi connectivity index (χ3n) is 9.73. The predicted molar refractivity (Wildman–Crippen MR) is 182 cm³/mol. The smallest absolute Gasteiger partial charge is 0.0568 e. The lowest BCUT2D eigenvalue weighted by atomic mass is 9.78. The van der Waals surface area contributed by atoms with Crippen LogP contribution in [0, 0.1) is 0 Å². The molecule has 0 radical (unpaired) electrons. The molecule has 0 fully saturated rings. The maximum atomic E-state index is 2.51. The van der Waals surface area contributed by atoms with Gasteiger partial charge in [-0.1, -0.05) is 92.7 Å². The van der Waals surface area contributed by atoms with Crippen molar-refractivity contribution in [2.75, 3.05) is 4.90 Å². The summed E-state index contributed by atoms with van der Waals surface area (Å²) in [6.07, 6.45) is 6.98. The molecule has 0 atom stereocenters. The van der Waals surface area contributed by atoms with E-state index >= 15 is 0 Å². The van der Waals surface area contributed by atoms with Crippen LogP contribution in [0.25, 0.3) is 43.8 Å². The van der Waals surface area contributed by atoms with E-state index in [9.17, 15) is 0 Å². The molecule has 2 nitrogen and oxygen atoms in total. The van der Waals surface area contributed by atoms with E-state index in [2.05, 4.69) is 157 Å². The highest BCUT2D eigenvalue weighted by atomic mass is 15.1. The number of benzene rings is 6. The molecular formula is C41H32N2. The van der Waals surface area contributed by atoms with Gasteiger partial charge in [0.15, 0.2) is 0 Å². The van der Waals surface area contributed by atoms with Gasteiger partial charge in [0, 0.05) is 38.9 Å². The predicted octanol–water partition coefficient (Wildman–Crippen LogP) is 11.2. The van der Waals surface area contributed by atoms with Gasteiger partial charge in [-0.3, -0.25) is 0 Å². The Morgan fingerprint density at radius 2 is 1.30 bits per heavy atom. The van der Waals surface area contributed by atoms with E-state index in [0.717, 1.165) is 29.9 Å². The van der Waals surface area contributed by atoms with Crippen molar-refractivity contribution in [2.45, 2.75) is 32.1 Å². The average Bonchev–Trinajstić information content (AvgIpc) is 3.50. The van der Waals surface area contributed by atoms with Gasteiger partial charge in [0.2, 0.25) is 0 Å². The number of allylic oxidation sites excluding steroid dienone is 4. The molecule has 43 heavy (non-hydrogen) atoms. The Morgan fingerprint density at radius 3 is 2.00 bits per heavy atom. The number of hydrogen-bond acceptors (Lipinski definition) is 1. The molecule has 0 bridgehead atoms. The van der Waals surface area contributed by atoms with Crippen LogP contribution in [0.1, 0.15) is 37.8 Å². The maximum absolute atomic E-state index is 2.51. The number of aromatic nitrogens is 1. The molecule has 0 saturated heterocycles. The molecule has 2 heteroatoms. The molecule has 1 heterocycles. The normalized spacial score (nSPS) is 15.5. The van der Waals surface area contributed by atoms with Crippen LogP contribution in [-0.4, -0.2) is 4.57 Å². The van der Waals surface area contributed by atoms with Gasteiger partial charge in [-0.25, -0.2) is 0 Å². The fraction of sp³-hybridized carbons (Fsp3) is 0.122. The second-order valence-electron chi connectivity index (χ2n) is 12.5. The number of anilines is 3. The number of nitrogens with zero attached hydrogens (tertiary/aromatic N) is 2. The molecule has 0 unspecified atom stereocenters. The van der Waals surface area contributed by atoms with E-state index in [0.29, 0.717) is 0 Å². The summed E-state index contributed by atoms with van der Waals surface area (Å²) in [5.74, 6) is 0. The summed E-state index contributed by atoms with van der Waals surface area (Å²) >= 11 is 0. The lowest BCUT2D eigenvalue weighted by Gasteiger charge is -2.26. The Kier molecular flexibility index (Phi) is 5.11. The summed E-state index contributed by atoms with van der Waals surface area (Å²) in [6.45, 7) is 4.84. The number of hydrogen-bond donors (Lipinski definition) is 0. The zero-order valence-electron chi connectivity index (χ0n) is 24.5. The van der Waals surface area contributed by atoms with Crippen LogP contribution in [0.2, 0.25) is 0 Å². The third-order valence-corrected chi connectivity index (χ3v) is 9.73. The molecule has 7 aromatic rings. The first-order valence-electron chi connectivity index (χ1n) is 15.4. The molecule has 0 amide bonds.